The Morgan fingerprint density at radius 2 is 2.05 bits per heavy atom. The van der Waals surface area contributed by atoms with Crippen LogP contribution in [0.2, 0.25) is 0 Å². The molecular formula is C16H19N3OS. The molecule has 1 amide bonds. The second-order valence-corrected chi connectivity index (χ2v) is 5.67. The zero-order valence-corrected chi connectivity index (χ0v) is 13.2. The lowest BCUT2D eigenvalue weighted by molar-refractivity contribution is -0.131. The average molecular weight is 301 g/mol. The first-order valence-corrected chi connectivity index (χ1v) is 8.05. The number of rotatable bonds is 6. The summed E-state index contributed by atoms with van der Waals surface area (Å²) in [7, 11) is 0. The molecule has 4 nitrogen and oxygen atoms in total. The van der Waals surface area contributed by atoms with E-state index in [9.17, 15) is 4.79 Å². The molecule has 0 saturated carbocycles. The number of aromatic nitrogens is 1. The maximum atomic E-state index is 12.3. The number of carbonyl (C=O) groups is 1. The molecule has 0 saturated heterocycles. The third-order valence-corrected chi connectivity index (χ3v) is 4.38. The van der Waals surface area contributed by atoms with Crippen molar-refractivity contribution in [3.8, 4) is 6.07 Å². The molecule has 0 unspecified atom stereocenters. The van der Waals surface area contributed by atoms with Crippen LogP contribution in [0.15, 0.2) is 35.4 Å². The molecule has 2 rings (SSSR count). The Hall–Kier alpha value is -1.93. The van der Waals surface area contributed by atoms with Crippen LogP contribution >= 0.6 is 11.8 Å². The summed E-state index contributed by atoms with van der Waals surface area (Å²) < 4.78 is 1.98. The molecule has 0 N–H and O–H groups in total. The van der Waals surface area contributed by atoms with Gasteiger partial charge in [-0.25, -0.2) is 0 Å². The molecule has 21 heavy (non-hydrogen) atoms. The summed E-state index contributed by atoms with van der Waals surface area (Å²) >= 11 is 1.51. The van der Waals surface area contributed by atoms with Gasteiger partial charge in [0.1, 0.15) is 6.54 Å². The molecule has 2 aromatic rings. The van der Waals surface area contributed by atoms with Gasteiger partial charge in [0.25, 0.3) is 0 Å². The highest BCUT2D eigenvalue weighted by molar-refractivity contribution is 7.99. The van der Waals surface area contributed by atoms with Crippen molar-refractivity contribution < 1.29 is 4.79 Å². The van der Waals surface area contributed by atoms with E-state index in [1.807, 2.05) is 53.8 Å². The van der Waals surface area contributed by atoms with Crippen LogP contribution in [0.1, 0.15) is 13.8 Å². The number of likely N-dealkylation sites (N-methyl/N-ethyl adjacent to an activating group) is 1. The van der Waals surface area contributed by atoms with Crippen LogP contribution in [-0.4, -0.2) is 34.2 Å². The molecule has 5 heteroatoms. The average Bonchev–Trinajstić information content (AvgIpc) is 2.85. The number of benzene rings is 1. The van der Waals surface area contributed by atoms with Crippen molar-refractivity contribution in [1.29, 1.82) is 5.26 Å². The van der Waals surface area contributed by atoms with Crippen molar-refractivity contribution in [2.75, 3.05) is 18.8 Å². The Bertz CT molecular complexity index is 668. The minimum Gasteiger partial charge on any atom is -0.342 e. The van der Waals surface area contributed by atoms with Crippen LogP contribution in [0.3, 0.4) is 0 Å². The van der Waals surface area contributed by atoms with E-state index >= 15 is 0 Å². The van der Waals surface area contributed by atoms with Crippen LogP contribution in [0.5, 0.6) is 0 Å². The van der Waals surface area contributed by atoms with E-state index in [0.717, 1.165) is 28.9 Å². The predicted octanol–water partition coefficient (Wildman–Crippen LogP) is 3.13. The second kappa shape index (κ2) is 7.19. The molecule has 0 atom stereocenters. The molecule has 1 aromatic carbocycles. The molecule has 110 valence electrons. The van der Waals surface area contributed by atoms with Gasteiger partial charge in [-0.05, 0) is 19.9 Å². The standard InChI is InChI=1S/C16H19N3OS/c1-3-18(4-2)16(20)12-19-11-15(21-10-9-17)13-7-5-6-8-14(13)19/h5-8,11H,3-4,10,12H2,1-2H3. The molecule has 0 aliphatic rings. The van der Waals surface area contributed by atoms with Gasteiger partial charge in [-0.1, -0.05) is 18.2 Å². The SMILES string of the molecule is CCN(CC)C(=O)Cn1cc(SCC#N)c2ccccc21. The number of carbonyl (C=O) groups excluding carboxylic acids is 1. The Morgan fingerprint density at radius 3 is 2.71 bits per heavy atom. The van der Waals surface area contributed by atoms with Crippen LogP contribution in [-0.2, 0) is 11.3 Å². The number of hydrogen-bond acceptors (Lipinski definition) is 3. The lowest BCUT2D eigenvalue weighted by Gasteiger charge is -2.19. The van der Waals surface area contributed by atoms with E-state index < -0.39 is 0 Å². The molecule has 0 bridgehead atoms. The van der Waals surface area contributed by atoms with Gasteiger partial charge in [-0.2, -0.15) is 5.26 Å². The third kappa shape index (κ3) is 3.40. The summed E-state index contributed by atoms with van der Waals surface area (Å²) in [4.78, 5) is 15.2. The molecule has 0 aliphatic carbocycles. The molecule has 0 radical (unpaired) electrons. The van der Waals surface area contributed by atoms with Crippen molar-refractivity contribution in [3.63, 3.8) is 0 Å². The lowest BCUT2D eigenvalue weighted by atomic mass is 10.2. The highest BCUT2D eigenvalue weighted by Gasteiger charge is 2.14. The maximum absolute atomic E-state index is 12.3. The summed E-state index contributed by atoms with van der Waals surface area (Å²) in [6.07, 6.45) is 1.98. The van der Waals surface area contributed by atoms with Crippen molar-refractivity contribution >= 4 is 28.6 Å². The van der Waals surface area contributed by atoms with E-state index in [0.29, 0.717) is 12.3 Å². The number of fused-ring (bicyclic) bond motifs is 1. The zero-order valence-electron chi connectivity index (χ0n) is 12.4. The quantitative estimate of drug-likeness (QED) is 0.770. The number of amides is 1. The molecule has 0 aliphatic heterocycles. The Morgan fingerprint density at radius 1 is 1.33 bits per heavy atom. The van der Waals surface area contributed by atoms with Crippen molar-refractivity contribution in [2.45, 2.75) is 25.3 Å². The molecule has 1 aromatic heterocycles. The normalized spacial score (nSPS) is 10.5. The highest BCUT2D eigenvalue weighted by Crippen LogP contribution is 2.29. The predicted molar refractivity (Wildman–Crippen MR) is 86.2 cm³/mol. The first-order valence-electron chi connectivity index (χ1n) is 7.06. The van der Waals surface area contributed by atoms with Crippen LogP contribution in [0, 0.1) is 11.3 Å². The molecular weight excluding hydrogens is 282 g/mol. The van der Waals surface area contributed by atoms with E-state index in [4.69, 9.17) is 5.26 Å². The number of nitriles is 1. The molecule has 0 fully saturated rings. The summed E-state index contributed by atoms with van der Waals surface area (Å²) in [5.41, 5.74) is 1.04. The Balaban J connectivity index is 2.31. The second-order valence-electron chi connectivity index (χ2n) is 4.65. The third-order valence-electron chi connectivity index (χ3n) is 3.47. The fourth-order valence-corrected chi connectivity index (χ4v) is 3.14. The van der Waals surface area contributed by atoms with Gasteiger partial charge in [0.2, 0.25) is 5.91 Å². The smallest absolute Gasteiger partial charge is 0.242 e. The van der Waals surface area contributed by atoms with Crippen LogP contribution in [0.25, 0.3) is 10.9 Å². The minimum atomic E-state index is 0.123. The summed E-state index contributed by atoms with van der Waals surface area (Å²) in [5, 5.41) is 9.85. The first kappa shape index (κ1) is 15.5. The largest absolute Gasteiger partial charge is 0.342 e. The fraction of sp³-hybridized carbons (Fsp3) is 0.375. The minimum absolute atomic E-state index is 0.123. The number of nitrogens with zero attached hydrogens (tertiary/aromatic N) is 3. The van der Waals surface area contributed by atoms with E-state index in [1.165, 1.54) is 11.8 Å². The number of thioether (sulfide) groups is 1. The monoisotopic (exact) mass is 301 g/mol. The van der Waals surface area contributed by atoms with Gasteiger partial charge in [-0.3, -0.25) is 4.79 Å². The van der Waals surface area contributed by atoms with Gasteiger partial charge in [0.15, 0.2) is 0 Å². The highest BCUT2D eigenvalue weighted by atomic mass is 32.2. The van der Waals surface area contributed by atoms with E-state index in [2.05, 4.69) is 6.07 Å². The number of hydrogen-bond donors (Lipinski definition) is 0. The maximum Gasteiger partial charge on any atom is 0.242 e. The van der Waals surface area contributed by atoms with Gasteiger partial charge >= 0.3 is 0 Å². The topological polar surface area (TPSA) is 49.0 Å². The van der Waals surface area contributed by atoms with Gasteiger partial charge < -0.3 is 9.47 Å². The van der Waals surface area contributed by atoms with Gasteiger partial charge in [-0.15, -0.1) is 11.8 Å². The van der Waals surface area contributed by atoms with E-state index in [1.54, 1.807) is 0 Å². The zero-order chi connectivity index (χ0) is 15.2. The Kier molecular flexibility index (Phi) is 5.29. The van der Waals surface area contributed by atoms with E-state index in [-0.39, 0.29) is 5.91 Å². The lowest BCUT2D eigenvalue weighted by Crippen LogP contribution is -2.33. The number of para-hydroxylation sites is 1. The fourth-order valence-electron chi connectivity index (χ4n) is 2.39. The summed E-state index contributed by atoms with van der Waals surface area (Å²) in [6, 6.07) is 10.1. The van der Waals surface area contributed by atoms with Crippen LogP contribution in [0.4, 0.5) is 0 Å². The van der Waals surface area contributed by atoms with Crippen molar-refractivity contribution in [2.24, 2.45) is 0 Å². The van der Waals surface area contributed by atoms with Crippen LogP contribution < -0.4 is 0 Å². The summed E-state index contributed by atoms with van der Waals surface area (Å²) in [6.45, 7) is 5.77. The molecule has 1 heterocycles. The summed E-state index contributed by atoms with van der Waals surface area (Å²) in [5.74, 6) is 0.537. The van der Waals surface area contributed by atoms with Gasteiger partial charge in [0.05, 0.1) is 11.8 Å². The molecule has 0 spiro atoms. The van der Waals surface area contributed by atoms with Gasteiger partial charge in [0, 0.05) is 35.1 Å². The van der Waals surface area contributed by atoms with Crippen molar-refractivity contribution in [3.05, 3.63) is 30.5 Å². The first-order chi connectivity index (χ1) is 10.2. The Labute approximate surface area is 129 Å². The van der Waals surface area contributed by atoms with Crippen molar-refractivity contribution in [1.82, 2.24) is 9.47 Å².